The molecule has 4 heteroatoms. The largest absolute Gasteiger partial charge is 0.494 e. The van der Waals surface area contributed by atoms with Crippen molar-refractivity contribution in [2.24, 2.45) is 0 Å². The Morgan fingerprint density at radius 1 is 1.05 bits per heavy atom. The molecular formula is C17H20FNO2. The first-order valence-electron chi connectivity index (χ1n) is 6.83. The van der Waals surface area contributed by atoms with Crippen molar-refractivity contribution in [3.8, 4) is 17.2 Å². The van der Waals surface area contributed by atoms with Crippen LogP contribution in [-0.4, -0.2) is 7.11 Å². The van der Waals surface area contributed by atoms with E-state index in [1.807, 2.05) is 25.1 Å². The van der Waals surface area contributed by atoms with Crippen molar-refractivity contribution in [2.75, 3.05) is 12.8 Å². The van der Waals surface area contributed by atoms with Gasteiger partial charge in [0.05, 0.1) is 12.8 Å². The Bertz CT molecular complexity index is 653. The number of aryl methyl sites for hydroxylation is 1. The summed E-state index contributed by atoms with van der Waals surface area (Å²) >= 11 is 0. The van der Waals surface area contributed by atoms with Crippen LogP contribution in [0.4, 0.5) is 10.1 Å². The third-order valence-corrected chi connectivity index (χ3v) is 3.38. The topological polar surface area (TPSA) is 44.5 Å². The van der Waals surface area contributed by atoms with Gasteiger partial charge in [-0.2, -0.15) is 0 Å². The molecule has 2 aromatic rings. The van der Waals surface area contributed by atoms with Crippen molar-refractivity contribution in [3.63, 3.8) is 0 Å². The number of benzene rings is 2. The van der Waals surface area contributed by atoms with Gasteiger partial charge in [-0.25, -0.2) is 4.39 Å². The van der Waals surface area contributed by atoms with Crippen molar-refractivity contribution in [2.45, 2.75) is 26.7 Å². The fraction of sp³-hybridized carbons (Fsp3) is 0.294. The van der Waals surface area contributed by atoms with Crippen molar-refractivity contribution in [1.29, 1.82) is 0 Å². The number of nitrogens with two attached hydrogens (primary N) is 1. The average molecular weight is 289 g/mol. The minimum Gasteiger partial charge on any atom is -0.494 e. The molecule has 0 bridgehead atoms. The van der Waals surface area contributed by atoms with Crippen LogP contribution < -0.4 is 15.2 Å². The maximum Gasteiger partial charge on any atom is 0.168 e. The Balaban J connectivity index is 2.40. The predicted molar refractivity (Wildman–Crippen MR) is 82.7 cm³/mol. The lowest BCUT2D eigenvalue weighted by atomic mass is 10.0. The summed E-state index contributed by atoms with van der Waals surface area (Å²) in [7, 11) is 1.48. The van der Waals surface area contributed by atoms with Crippen LogP contribution in [0.5, 0.6) is 17.2 Å². The first-order valence-corrected chi connectivity index (χ1v) is 6.83. The van der Waals surface area contributed by atoms with E-state index in [0.717, 1.165) is 11.1 Å². The Kier molecular flexibility index (Phi) is 4.36. The number of ether oxygens (including phenoxy) is 2. The summed E-state index contributed by atoms with van der Waals surface area (Å²) < 4.78 is 24.8. The summed E-state index contributed by atoms with van der Waals surface area (Å²) in [5, 5.41) is 0. The molecule has 0 unspecified atom stereocenters. The van der Waals surface area contributed by atoms with Gasteiger partial charge in [-0.05, 0) is 30.0 Å². The Morgan fingerprint density at radius 2 is 1.76 bits per heavy atom. The van der Waals surface area contributed by atoms with E-state index < -0.39 is 5.82 Å². The number of anilines is 1. The summed E-state index contributed by atoms with van der Waals surface area (Å²) in [6.45, 7) is 6.12. The molecule has 0 spiro atoms. The van der Waals surface area contributed by atoms with Gasteiger partial charge in [0.15, 0.2) is 11.6 Å². The molecule has 2 aromatic carbocycles. The Labute approximate surface area is 124 Å². The minimum absolute atomic E-state index is 0.102. The molecule has 0 amide bonds. The normalized spacial score (nSPS) is 10.8. The van der Waals surface area contributed by atoms with Gasteiger partial charge in [0.25, 0.3) is 0 Å². The van der Waals surface area contributed by atoms with E-state index in [2.05, 4.69) is 13.8 Å². The zero-order valence-electron chi connectivity index (χ0n) is 12.7. The maximum absolute atomic E-state index is 14.0. The summed E-state index contributed by atoms with van der Waals surface area (Å²) in [6.07, 6.45) is 0. The van der Waals surface area contributed by atoms with E-state index in [0.29, 0.717) is 17.4 Å². The summed E-state index contributed by atoms with van der Waals surface area (Å²) in [4.78, 5) is 0. The van der Waals surface area contributed by atoms with E-state index in [4.69, 9.17) is 15.2 Å². The molecular weight excluding hydrogens is 269 g/mol. The second-order valence-electron chi connectivity index (χ2n) is 5.31. The van der Waals surface area contributed by atoms with Crippen LogP contribution in [0.2, 0.25) is 0 Å². The molecule has 2 rings (SSSR count). The molecule has 0 aliphatic carbocycles. The van der Waals surface area contributed by atoms with Crippen LogP contribution >= 0.6 is 0 Å². The molecule has 3 nitrogen and oxygen atoms in total. The van der Waals surface area contributed by atoms with E-state index in [9.17, 15) is 4.39 Å². The van der Waals surface area contributed by atoms with Gasteiger partial charge in [0.1, 0.15) is 11.5 Å². The smallest absolute Gasteiger partial charge is 0.168 e. The second-order valence-corrected chi connectivity index (χ2v) is 5.31. The molecule has 21 heavy (non-hydrogen) atoms. The zero-order valence-corrected chi connectivity index (χ0v) is 12.7. The fourth-order valence-electron chi connectivity index (χ4n) is 2.01. The second kappa shape index (κ2) is 6.04. The number of rotatable bonds is 4. The molecule has 0 aliphatic rings. The number of nitrogen functional groups attached to an aromatic ring is 1. The average Bonchev–Trinajstić information content (AvgIpc) is 2.43. The number of methoxy groups -OCH3 is 1. The first kappa shape index (κ1) is 15.2. The van der Waals surface area contributed by atoms with E-state index in [1.54, 1.807) is 0 Å². The lowest BCUT2D eigenvalue weighted by Gasteiger charge is -2.14. The number of hydrogen-bond acceptors (Lipinski definition) is 3. The van der Waals surface area contributed by atoms with Gasteiger partial charge in [-0.3, -0.25) is 0 Å². The molecule has 0 heterocycles. The monoisotopic (exact) mass is 289 g/mol. The van der Waals surface area contributed by atoms with Crippen LogP contribution in [0.1, 0.15) is 30.9 Å². The Morgan fingerprint density at radius 3 is 2.38 bits per heavy atom. The highest BCUT2D eigenvalue weighted by atomic mass is 19.1. The standard InChI is InChI=1S/C17H20FNO2/c1-10(2)12-6-5-11(3)15(7-12)21-16-9-17(20-4)14(19)8-13(16)18/h5-10H,19H2,1-4H3. The van der Waals surface area contributed by atoms with E-state index in [-0.39, 0.29) is 11.4 Å². The van der Waals surface area contributed by atoms with Gasteiger partial charge in [0, 0.05) is 12.1 Å². The maximum atomic E-state index is 14.0. The molecule has 0 saturated heterocycles. The molecule has 0 aromatic heterocycles. The van der Waals surface area contributed by atoms with Gasteiger partial charge < -0.3 is 15.2 Å². The molecule has 0 radical (unpaired) electrons. The third-order valence-electron chi connectivity index (χ3n) is 3.38. The summed E-state index contributed by atoms with van der Waals surface area (Å²) in [5.41, 5.74) is 7.99. The molecule has 0 aliphatic heterocycles. The van der Waals surface area contributed by atoms with Crippen molar-refractivity contribution in [3.05, 3.63) is 47.3 Å². The zero-order chi connectivity index (χ0) is 15.6. The highest BCUT2D eigenvalue weighted by Gasteiger charge is 2.12. The predicted octanol–water partition coefficient (Wildman–Crippen LogP) is 4.64. The molecule has 0 atom stereocenters. The van der Waals surface area contributed by atoms with E-state index in [1.165, 1.54) is 19.2 Å². The van der Waals surface area contributed by atoms with Crippen LogP contribution in [0, 0.1) is 12.7 Å². The van der Waals surface area contributed by atoms with Crippen molar-refractivity contribution < 1.29 is 13.9 Å². The van der Waals surface area contributed by atoms with Crippen molar-refractivity contribution >= 4 is 5.69 Å². The van der Waals surface area contributed by atoms with Crippen LogP contribution in [-0.2, 0) is 0 Å². The highest BCUT2D eigenvalue weighted by Crippen LogP contribution is 2.34. The van der Waals surface area contributed by atoms with Crippen LogP contribution in [0.25, 0.3) is 0 Å². The number of halogens is 1. The molecule has 2 N–H and O–H groups in total. The third kappa shape index (κ3) is 3.27. The van der Waals surface area contributed by atoms with Gasteiger partial charge in [0.2, 0.25) is 0 Å². The van der Waals surface area contributed by atoms with Gasteiger partial charge in [-0.1, -0.05) is 26.0 Å². The van der Waals surface area contributed by atoms with E-state index >= 15 is 0 Å². The summed E-state index contributed by atoms with van der Waals surface area (Å²) in [5.74, 6) is 0.988. The first-order chi connectivity index (χ1) is 9.92. The van der Waals surface area contributed by atoms with Crippen LogP contribution in [0.3, 0.4) is 0 Å². The quantitative estimate of drug-likeness (QED) is 0.834. The molecule has 112 valence electrons. The van der Waals surface area contributed by atoms with Crippen LogP contribution in [0.15, 0.2) is 30.3 Å². The lowest BCUT2D eigenvalue weighted by molar-refractivity contribution is 0.402. The fourth-order valence-corrected chi connectivity index (χ4v) is 2.01. The highest BCUT2D eigenvalue weighted by molar-refractivity contribution is 5.57. The number of hydrogen-bond donors (Lipinski definition) is 1. The summed E-state index contributed by atoms with van der Waals surface area (Å²) in [6, 6.07) is 8.62. The SMILES string of the molecule is COc1cc(Oc2cc(C(C)C)ccc2C)c(F)cc1N. The van der Waals surface area contributed by atoms with Gasteiger partial charge >= 0.3 is 0 Å². The molecule has 0 saturated carbocycles. The Hall–Kier alpha value is -2.23. The minimum atomic E-state index is -0.511. The molecule has 0 fully saturated rings. The lowest BCUT2D eigenvalue weighted by Crippen LogP contribution is -1.98. The van der Waals surface area contributed by atoms with Crippen molar-refractivity contribution in [1.82, 2.24) is 0 Å². The van der Waals surface area contributed by atoms with Gasteiger partial charge in [-0.15, -0.1) is 0 Å².